The molecule has 3 aromatic heterocycles. The van der Waals surface area contributed by atoms with Crippen LogP contribution in [0.3, 0.4) is 0 Å². The number of thiophene rings is 1. The number of carbonyl (C=O) groups is 1. The fourth-order valence-corrected chi connectivity index (χ4v) is 6.12. The predicted molar refractivity (Wildman–Crippen MR) is 114 cm³/mol. The zero-order valence-corrected chi connectivity index (χ0v) is 18.1. The number of nitrogens with zero attached hydrogens (tertiary/aromatic N) is 3. The Hall–Kier alpha value is -1.51. The van der Waals surface area contributed by atoms with E-state index in [-0.39, 0.29) is 11.8 Å². The molecule has 142 valence electrons. The molecule has 0 aromatic carbocycles. The molecule has 3 heterocycles. The summed E-state index contributed by atoms with van der Waals surface area (Å²) in [6.45, 7) is 6.54. The van der Waals surface area contributed by atoms with Crippen LogP contribution in [0.25, 0.3) is 10.2 Å². The summed E-state index contributed by atoms with van der Waals surface area (Å²) in [5.41, 5.74) is 1.41. The van der Waals surface area contributed by atoms with Gasteiger partial charge >= 0.3 is 0 Å². The lowest BCUT2D eigenvalue weighted by molar-refractivity contribution is -0.113. The van der Waals surface area contributed by atoms with E-state index in [9.17, 15) is 4.79 Å². The number of rotatable bonds is 5. The Labute approximate surface area is 171 Å². The first kappa shape index (κ1) is 18.8. The normalized spacial score (nSPS) is 16.7. The van der Waals surface area contributed by atoms with Gasteiger partial charge in [-0.15, -0.1) is 22.7 Å². The van der Waals surface area contributed by atoms with Gasteiger partial charge < -0.3 is 5.32 Å². The van der Waals surface area contributed by atoms with E-state index in [1.165, 1.54) is 45.3 Å². The Morgan fingerprint density at radius 3 is 3.00 bits per heavy atom. The van der Waals surface area contributed by atoms with Crippen molar-refractivity contribution in [1.82, 2.24) is 15.0 Å². The zero-order valence-electron chi connectivity index (χ0n) is 15.6. The van der Waals surface area contributed by atoms with Crippen molar-refractivity contribution in [2.75, 3.05) is 11.1 Å². The molecule has 0 bridgehead atoms. The Morgan fingerprint density at radius 2 is 2.26 bits per heavy atom. The maximum Gasteiger partial charge on any atom is 0.236 e. The summed E-state index contributed by atoms with van der Waals surface area (Å²) in [5, 5.41) is 7.46. The lowest BCUT2D eigenvalue weighted by Gasteiger charge is -2.18. The second kappa shape index (κ2) is 7.85. The monoisotopic (exact) mass is 418 g/mol. The van der Waals surface area contributed by atoms with Crippen LogP contribution in [0.2, 0.25) is 0 Å². The summed E-state index contributed by atoms with van der Waals surface area (Å²) in [7, 11) is 0. The molecule has 0 fully saturated rings. The van der Waals surface area contributed by atoms with Crippen LogP contribution in [0.4, 0.5) is 5.13 Å². The lowest BCUT2D eigenvalue weighted by atomic mass is 9.89. The number of thioether (sulfide) groups is 1. The molecule has 0 aliphatic heterocycles. The van der Waals surface area contributed by atoms with Gasteiger partial charge in [-0.1, -0.05) is 32.5 Å². The molecule has 0 saturated carbocycles. The lowest BCUT2D eigenvalue weighted by Crippen LogP contribution is -2.14. The van der Waals surface area contributed by atoms with E-state index in [0.717, 1.165) is 34.4 Å². The predicted octanol–water partition coefficient (Wildman–Crippen LogP) is 5.13. The topological polar surface area (TPSA) is 67.8 Å². The van der Waals surface area contributed by atoms with Crippen LogP contribution in [-0.2, 0) is 17.6 Å². The molecule has 1 amide bonds. The van der Waals surface area contributed by atoms with Crippen molar-refractivity contribution in [2.24, 2.45) is 5.92 Å². The number of hydrogen-bond acceptors (Lipinski definition) is 7. The standard InChI is InChI=1S/C19H22N4OS3/c1-10(2)16-22-17(26-9-14(24)21-19-20-6-7-25-19)15-12-5-4-11(3)8-13(12)27-18(15)23-16/h6-7,10-11H,4-5,8-9H2,1-3H3,(H,20,21,24). The van der Waals surface area contributed by atoms with Crippen LogP contribution in [0.1, 0.15) is 49.4 Å². The average Bonchev–Trinajstić information content (AvgIpc) is 3.25. The van der Waals surface area contributed by atoms with E-state index < -0.39 is 0 Å². The summed E-state index contributed by atoms with van der Waals surface area (Å²) in [5.74, 6) is 2.12. The van der Waals surface area contributed by atoms with Gasteiger partial charge in [-0.2, -0.15) is 0 Å². The van der Waals surface area contributed by atoms with Crippen LogP contribution in [-0.4, -0.2) is 26.6 Å². The van der Waals surface area contributed by atoms with Crippen LogP contribution >= 0.6 is 34.4 Å². The highest BCUT2D eigenvalue weighted by Crippen LogP contribution is 2.41. The van der Waals surface area contributed by atoms with Crippen molar-refractivity contribution in [1.29, 1.82) is 0 Å². The number of aryl methyl sites for hydroxylation is 1. The number of carbonyl (C=O) groups excluding carboxylic acids is 1. The van der Waals surface area contributed by atoms with Crippen LogP contribution in [0.5, 0.6) is 0 Å². The number of nitrogens with one attached hydrogen (secondary N) is 1. The first-order valence-corrected chi connectivity index (χ1v) is 11.8. The molecular formula is C19H22N4OS3. The van der Waals surface area contributed by atoms with Gasteiger partial charge in [0, 0.05) is 27.8 Å². The number of hydrogen-bond donors (Lipinski definition) is 1. The third-order valence-electron chi connectivity index (χ3n) is 4.67. The molecule has 27 heavy (non-hydrogen) atoms. The Balaban J connectivity index is 1.64. The van der Waals surface area contributed by atoms with Gasteiger partial charge in [0.15, 0.2) is 5.13 Å². The summed E-state index contributed by atoms with van der Waals surface area (Å²) in [6.07, 6.45) is 5.11. The number of fused-ring (bicyclic) bond motifs is 3. The van der Waals surface area contributed by atoms with E-state index in [4.69, 9.17) is 9.97 Å². The second-order valence-corrected chi connectivity index (χ2v) is 10.2. The van der Waals surface area contributed by atoms with Crippen LogP contribution in [0, 0.1) is 5.92 Å². The van der Waals surface area contributed by atoms with E-state index in [0.29, 0.717) is 10.9 Å². The van der Waals surface area contributed by atoms with Gasteiger partial charge in [-0.25, -0.2) is 15.0 Å². The van der Waals surface area contributed by atoms with Crippen LogP contribution < -0.4 is 5.32 Å². The van der Waals surface area contributed by atoms with Gasteiger partial charge in [-0.3, -0.25) is 4.79 Å². The largest absolute Gasteiger partial charge is 0.301 e. The summed E-state index contributed by atoms with van der Waals surface area (Å²) < 4.78 is 0. The minimum absolute atomic E-state index is 0.0504. The molecule has 8 heteroatoms. The van der Waals surface area contributed by atoms with E-state index in [1.54, 1.807) is 6.20 Å². The van der Waals surface area contributed by atoms with Crippen molar-refractivity contribution in [3.05, 3.63) is 27.8 Å². The Bertz CT molecular complexity index is 965. The van der Waals surface area contributed by atoms with Crippen LogP contribution in [0.15, 0.2) is 16.6 Å². The fourth-order valence-electron chi connectivity index (χ4n) is 3.26. The van der Waals surface area contributed by atoms with Gasteiger partial charge in [0.25, 0.3) is 0 Å². The van der Waals surface area contributed by atoms with Crippen molar-refractivity contribution in [2.45, 2.75) is 51.0 Å². The van der Waals surface area contributed by atoms with Gasteiger partial charge in [0.1, 0.15) is 15.7 Å². The Morgan fingerprint density at radius 1 is 1.41 bits per heavy atom. The second-order valence-electron chi connectivity index (χ2n) is 7.25. The molecular weight excluding hydrogens is 396 g/mol. The van der Waals surface area contributed by atoms with Crippen molar-refractivity contribution >= 4 is 55.7 Å². The maximum atomic E-state index is 12.3. The molecule has 3 aromatic rings. The van der Waals surface area contributed by atoms with Gasteiger partial charge in [-0.05, 0) is 30.7 Å². The highest BCUT2D eigenvalue weighted by atomic mass is 32.2. The molecule has 0 spiro atoms. The summed E-state index contributed by atoms with van der Waals surface area (Å²) >= 11 is 4.75. The minimum atomic E-state index is -0.0504. The van der Waals surface area contributed by atoms with Crippen molar-refractivity contribution < 1.29 is 4.79 Å². The molecule has 5 nitrogen and oxygen atoms in total. The zero-order chi connectivity index (χ0) is 19.0. The van der Waals surface area contributed by atoms with E-state index in [1.807, 2.05) is 16.7 Å². The molecule has 0 saturated heterocycles. The molecule has 0 radical (unpaired) electrons. The third kappa shape index (κ3) is 4.02. The first-order chi connectivity index (χ1) is 13.0. The molecule has 1 unspecified atom stereocenters. The van der Waals surface area contributed by atoms with Crippen molar-refractivity contribution in [3.63, 3.8) is 0 Å². The van der Waals surface area contributed by atoms with Gasteiger partial charge in [0.2, 0.25) is 5.91 Å². The number of amides is 1. The molecule has 1 N–H and O–H groups in total. The fraction of sp³-hybridized carbons (Fsp3) is 0.474. The minimum Gasteiger partial charge on any atom is -0.301 e. The first-order valence-electron chi connectivity index (χ1n) is 9.15. The number of anilines is 1. The molecule has 4 rings (SSSR count). The maximum absolute atomic E-state index is 12.3. The van der Waals surface area contributed by atoms with Crippen molar-refractivity contribution in [3.8, 4) is 0 Å². The summed E-state index contributed by atoms with van der Waals surface area (Å²) in [6, 6.07) is 0. The SMILES string of the molecule is CC1CCc2c(sc3nc(C(C)C)nc(SCC(=O)Nc4nccs4)c23)C1. The molecule has 1 aliphatic carbocycles. The quantitative estimate of drug-likeness (QED) is 0.460. The summed E-state index contributed by atoms with van der Waals surface area (Å²) in [4.78, 5) is 28.6. The number of thiazole rings is 1. The number of aromatic nitrogens is 3. The highest BCUT2D eigenvalue weighted by molar-refractivity contribution is 8.00. The third-order valence-corrected chi connectivity index (χ3v) is 7.49. The molecule has 1 atom stereocenters. The van der Waals surface area contributed by atoms with Gasteiger partial charge in [0.05, 0.1) is 5.75 Å². The molecule has 1 aliphatic rings. The van der Waals surface area contributed by atoms with E-state index >= 15 is 0 Å². The van der Waals surface area contributed by atoms with E-state index in [2.05, 4.69) is 31.1 Å². The Kier molecular flexibility index (Phi) is 5.48. The smallest absolute Gasteiger partial charge is 0.236 e. The average molecular weight is 419 g/mol. The highest BCUT2D eigenvalue weighted by Gasteiger charge is 2.24.